The van der Waals surface area contributed by atoms with Crippen molar-refractivity contribution >= 4 is 15.9 Å². The molecule has 2 aliphatic rings. The lowest BCUT2D eigenvalue weighted by atomic mass is 9.83. The van der Waals surface area contributed by atoms with E-state index in [1.54, 1.807) is 0 Å². The Kier molecular flexibility index (Phi) is 5.84. The Balaban J connectivity index is 1.59. The van der Waals surface area contributed by atoms with E-state index in [1.165, 1.54) is 31.4 Å². The Bertz CT molecular complexity index is 701. The van der Waals surface area contributed by atoms with E-state index < -0.39 is 16.0 Å². The van der Waals surface area contributed by atoms with Crippen molar-refractivity contribution in [2.24, 2.45) is 5.92 Å². The fraction of sp³-hybridized carbons (Fsp3) is 0.667. The first-order valence-corrected chi connectivity index (χ1v) is 10.7. The highest BCUT2D eigenvalue weighted by Crippen LogP contribution is 2.35. The van der Waals surface area contributed by atoms with Gasteiger partial charge in [-0.05, 0) is 37.7 Å². The monoisotopic (exact) mass is 370 g/mol. The summed E-state index contributed by atoms with van der Waals surface area (Å²) < 4.78 is 49.2. The summed E-state index contributed by atoms with van der Waals surface area (Å²) in [5, 5.41) is 0. The van der Waals surface area contributed by atoms with Gasteiger partial charge in [0.05, 0.1) is 12.3 Å². The molecule has 0 atom stereocenters. The van der Waals surface area contributed by atoms with Crippen molar-refractivity contribution in [2.75, 3.05) is 11.3 Å². The molecule has 3 rings (SSSR count). The third-order valence-corrected chi connectivity index (χ3v) is 6.26. The quantitative estimate of drug-likeness (QED) is 0.768. The minimum atomic E-state index is -3.75. The zero-order chi connectivity index (χ0) is 17.9. The fourth-order valence-corrected chi connectivity index (χ4v) is 4.98. The van der Waals surface area contributed by atoms with Crippen molar-refractivity contribution in [1.82, 2.24) is 4.72 Å². The number of unbranched alkanes of at least 4 members (excludes halogenated alkanes) is 1. The van der Waals surface area contributed by atoms with E-state index in [0.717, 1.165) is 25.7 Å². The number of hydrogen-bond acceptors (Lipinski definition) is 3. The molecule has 1 fully saturated rings. The first-order chi connectivity index (χ1) is 12.0. The van der Waals surface area contributed by atoms with Crippen LogP contribution in [0.1, 0.15) is 57.4 Å². The number of fused-ring (bicyclic) bond motifs is 1. The molecular formula is C18H27FN2O3S. The van der Waals surface area contributed by atoms with Gasteiger partial charge in [-0.15, -0.1) is 0 Å². The predicted molar refractivity (Wildman–Crippen MR) is 96.5 cm³/mol. The molecule has 1 aromatic rings. The van der Waals surface area contributed by atoms with E-state index >= 15 is 0 Å². The Hall–Kier alpha value is -1.34. The fourth-order valence-electron chi connectivity index (χ4n) is 3.80. The summed E-state index contributed by atoms with van der Waals surface area (Å²) in [7, 11) is -3.75. The SMILES string of the molecule is CCCCC1CCC(NS(=O)(=O)Nc2cc(F)cc3c2OCC3)CC1. The molecule has 1 aliphatic carbocycles. The molecule has 0 saturated heterocycles. The standard InChI is InChI=1S/C18H27FN2O3S/c1-2-3-4-13-5-7-16(8-6-13)20-25(22,23)21-17-12-15(19)11-14-9-10-24-18(14)17/h11-13,16,20-21H,2-10H2,1H3. The second-order valence-electron chi connectivity index (χ2n) is 7.12. The molecule has 0 bridgehead atoms. The van der Waals surface area contributed by atoms with Gasteiger partial charge in [0.2, 0.25) is 0 Å². The van der Waals surface area contributed by atoms with Crippen molar-refractivity contribution in [3.05, 3.63) is 23.5 Å². The topological polar surface area (TPSA) is 67.4 Å². The van der Waals surface area contributed by atoms with Gasteiger partial charge in [0, 0.05) is 24.1 Å². The molecule has 1 aromatic carbocycles. The summed E-state index contributed by atoms with van der Waals surface area (Å²) in [6.07, 6.45) is 8.11. The Labute approximate surface area is 149 Å². The lowest BCUT2D eigenvalue weighted by molar-refractivity contribution is 0.294. The molecule has 1 heterocycles. The second-order valence-corrected chi connectivity index (χ2v) is 8.57. The predicted octanol–water partition coefficient (Wildman–Crippen LogP) is 3.76. The second kappa shape index (κ2) is 7.91. The van der Waals surface area contributed by atoms with Gasteiger partial charge in [-0.2, -0.15) is 13.1 Å². The number of anilines is 1. The van der Waals surface area contributed by atoms with Crippen molar-refractivity contribution in [2.45, 2.75) is 64.3 Å². The summed E-state index contributed by atoms with van der Waals surface area (Å²) in [5.41, 5.74) is 0.880. The van der Waals surface area contributed by atoms with Gasteiger partial charge in [0.15, 0.2) is 0 Å². The van der Waals surface area contributed by atoms with Gasteiger partial charge < -0.3 is 4.74 Å². The molecule has 0 radical (unpaired) electrons. The molecule has 1 aliphatic heterocycles. The smallest absolute Gasteiger partial charge is 0.299 e. The first-order valence-electron chi connectivity index (χ1n) is 9.22. The van der Waals surface area contributed by atoms with Crippen molar-refractivity contribution in [3.63, 3.8) is 0 Å². The van der Waals surface area contributed by atoms with Crippen LogP contribution in [0.3, 0.4) is 0 Å². The van der Waals surface area contributed by atoms with Crippen molar-refractivity contribution in [1.29, 1.82) is 0 Å². The maximum atomic E-state index is 13.7. The van der Waals surface area contributed by atoms with Gasteiger partial charge in [-0.1, -0.05) is 26.2 Å². The zero-order valence-corrected chi connectivity index (χ0v) is 15.5. The van der Waals surface area contributed by atoms with Crippen LogP contribution in [0.5, 0.6) is 5.75 Å². The zero-order valence-electron chi connectivity index (χ0n) is 14.7. The van der Waals surface area contributed by atoms with Crippen LogP contribution < -0.4 is 14.2 Å². The van der Waals surface area contributed by atoms with Gasteiger partial charge in [-0.25, -0.2) is 4.39 Å². The van der Waals surface area contributed by atoms with Gasteiger partial charge in [0.25, 0.3) is 10.2 Å². The molecule has 140 valence electrons. The summed E-state index contributed by atoms with van der Waals surface area (Å²) in [6.45, 7) is 2.64. The van der Waals surface area contributed by atoms with Gasteiger partial charge >= 0.3 is 0 Å². The Morgan fingerprint density at radius 3 is 2.72 bits per heavy atom. The van der Waals surface area contributed by atoms with E-state index in [0.29, 0.717) is 30.3 Å². The number of ether oxygens (including phenoxy) is 1. The van der Waals surface area contributed by atoms with Crippen LogP contribution in [0.4, 0.5) is 10.1 Å². The Morgan fingerprint density at radius 1 is 1.24 bits per heavy atom. The largest absolute Gasteiger partial charge is 0.491 e. The number of rotatable bonds is 7. The molecular weight excluding hydrogens is 343 g/mol. The van der Waals surface area contributed by atoms with Crippen LogP contribution in [0.25, 0.3) is 0 Å². The molecule has 2 N–H and O–H groups in total. The molecule has 25 heavy (non-hydrogen) atoms. The number of halogens is 1. The minimum absolute atomic E-state index is 0.0575. The number of benzene rings is 1. The highest BCUT2D eigenvalue weighted by Gasteiger charge is 2.26. The summed E-state index contributed by atoms with van der Waals surface area (Å²) in [5.74, 6) is 0.696. The number of nitrogens with one attached hydrogen (secondary N) is 2. The van der Waals surface area contributed by atoms with E-state index in [2.05, 4.69) is 16.4 Å². The highest BCUT2D eigenvalue weighted by molar-refractivity contribution is 7.90. The molecule has 1 saturated carbocycles. The average molecular weight is 370 g/mol. The van der Waals surface area contributed by atoms with Gasteiger partial charge in [0.1, 0.15) is 11.6 Å². The van der Waals surface area contributed by atoms with Crippen LogP contribution in [-0.2, 0) is 16.6 Å². The maximum Gasteiger partial charge on any atom is 0.299 e. The Morgan fingerprint density at radius 2 is 2.00 bits per heavy atom. The molecule has 0 unspecified atom stereocenters. The normalized spacial score (nSPS) is 23.1. The molecule has 7 heteroatoms. The van der Waals surface area contributed by atoms with Crippen LogP contribution in [0.15, 0.2) is 12.1 Å². The molecule has 0 spiro atoms. The van der Waals surface area contributed by atoms with Crippen LogP contribution >= 0.6 is 0 Å². The van der Waals surface area contributed by atoms with E-state index in [9.17, 15) is 12.8 Å². The summed E-state index contributed by atoms with van der Waals surface area (Å²) in [6, 6.07) is 2.51. The minimum Gasteiger partial charge on any atom is -0.491 e. The third kappa shape index (κ3) is 4.85. The van der Waals surface area contributed by atoms with Crippen molar-refractivity contribution in [3.8, 4) is 5.75 Å². The molecule has 0 aromatic heterocycles. The van der Waals surface area contributed by atoms with Crippen LogP contribution in [0.2, 0.25) is 0 Å². The van der Waals surface area contributed by atoms with E-state index in [4.69, 9.17) is 4.74 Å². The van der Waals surface area contributed by atoms with Crippen LogP contribution in [-0.4, -0.2) is 21.1 Å². The first kappa shape index (κ1) is 18.5. The maximum absolute atomic E-state index is 13.7. The molecule has 5 nitrogen and oxygen atoms in total. The number of hydrogen-bond donors (Lipinski definition) is 2. The van der Waals surface area contributed by atoms with E-state index in [1.807, 2.05) is 0 Å². The molecule has 0 amide bonds. The highest BCUT2D eigenvalue weighted by atomic mass is 32.2. The van der Waals surface area contributed by atoms with Crippen LogP contribution in [0, 0.1) is 11.7 Å². The van der Waals surface area contributed by atoms with Gasteiger partial charge in [-0.3, -0.25) is 4.72 Å². The third-order valence-electron chi connectivity index (χ3n) is 5.13. The lowest BCUT2D eigenvalue weighted by Gasteiger charge is -2.29. The summed E-state index contributed by atoms with van der Waals surface area (Å²) >= 11 is 0. The summed E-state index contributed by atoms with van der Waals surface area (Å²) in [4.78, 5) is 0. The average Bonchev–Trinajstić information content (AvgIpc) is 3.02. The lowest BCUT2D eigenvalue weighted by Crippen LogP contribution is -2.40. The van der Waals surface area contributed by atoms with E-state index in [-0.39, 0.29) is 11.7 Å². The van der Waals surface area contributed by atoms with Crippen molar-refractivity contribution < 1.29 is 17.5 Å².